The van der Waals surface area contributed by atoms with Crippen molar-refractivity contribution in [3.63, 3.8) is 0 Å². The van der Waals surface area contributed by atoms with Crippen LogP contribution < -0.4 is 0 Å². The Labute approximate surface area is 190 Å². The lowest BCUT2D eigenvalue weighted by molar-refractivity contribution is -0.116. The molecule has 0 atom stereocenters. The van der Waals surface area contributed by atoms with E-state index in [1.165, 1.54) is 24.3 Å². The van der Waals surface area contributed by atoms with Gasteiger partial charge in [-0.05, 0) is 37.1 Å². The lowest BCUT2D eigenvalue weighted by Gasteiger charge is -2.18. The quantitative estimate of drug-likeness (QED) is 0.408. The van der Waals surface area contributed by atoms with Crippen molar-refractivity contribution in [2.75, 3.05) is 5.75 Å². The fourth-order valence-corrected chi connectivity index (χ4v) is 4.92. The van der Waals surface area contributed by atoms with E-state index < -0.39 is 15.6 Å². The van der Waals surface area contributed by atoms with Crippen molar-refractivity contribution >= 4 is 21.4 Å². The van der Waals surface area contributed by atoms with Crippen LogP contribution in [-0.2, 0) is 14.6 Å². The van der Waals surface area contributed by atoms with Crippen LogP contribution in [-0.4, -0.2) is 25.7 Å². The zero-order valence-corrected chi connectivity index (χ0v) is 19.5. The number of Topliss-reactive ketones (excluding diaryl/α,β-unsaturated/α-hetero) is 2. The largest absolute Gasteiger partial charge is 0.299 e. The zero-order chi connectivity index (χ0) is 23.3. The summed E-state index contributed by atoms with van der Waals surface area (Å²) in [5, 5.41) is 0. The normalized spacial score (nSPS) is 11.5. The Morgan fingerprint density at radius 1 is 0.750 bits per heavy atom. The van der Waals surface area contributed by atoms with E-state index in [1.54, 1.807) is 6.92 Å². The number of ketones is 2. The number of carbonyl (C=O) groups is 2. The summed E-state index contributed by atoms with van der Waals surface area (Å²) in [5.74, 6) is -1.01. The molecule has 0 spiro atoms. The third-order valence-electron chi connectivity index (χ3n) is 5.63. The molecule has 0 bridgehead atoms. The molecule has 4 nitrogen and oxygen atoms in total. The molecule has 0 aliphatic carbocycles. The molecule has 3 aromatic carbocycles. The SMILES string of the molecule is CCC(=O)CS(=O)(=O)c1ccc(C(=O)CC(c2ccc(C)cc2)c2ccc(C)cc2)cc1. The minimum Gasteiger partial charge on any atom is -0.299 e. The summed E-state index contributed by atoms with van der Waals surface area (Å²) >= 11 is 0. The van der Waals surface area contributed by atoms with Crippen LogP contribution >= 0.6 is 0 Å². The molecule has 0 N–H and O–H groups in total. The fraction of sp³-hybridized carbons (Fsp3) is 0.259. The Bertz CT molecular complexity index is 1140. The van der Waals surface area contributed by atoms with Gasteiger partial charge in [0.1, 0.15) is 11.5 Å². The van der Waals surface area contributed by atoms with Crippen LogP contribution in [0.5, 0.6) is 0 Å². The Morgan fingerprint density at radius 3 is 1.66 bits per heavy atom. The molecule has 0 saturated carbocycles. The lowest BCUT2D eigenvalue weighted by Crippen LogP contribution is -2.15. The number of aryl methyl sites for hydroxylation is 2. The molecule has 0 aromatic heterocycles. The standard InChI is InChI=1S/C27H28O4S/c1-4-24(28)18-32(30,31)25-15-13-23(14-16-25)27(29)17-26(21-9-5-19(2)6-10-21)22-11-7-20(3)8-12-22/h5-16,26H,4,17-18H2,1-3H3. The van der Waals surface area contributed by atoms with Gasteiger partial charge < -0.3 is 0 Å². The number of sulfone groups is 1. The zero-order valence-electron chi connectivity index (χ0n) is 18.7. The second-order valence-corrected chi connectivity index (χ2v) is 10.2. The molecule has 5 heteroatoms. The Balaban J connectivity index is 1.85. The predicted octanol–water partition coefficient (Wildman–Crippen LogP) is 5.46. The number of rotatable bonds is 9. The molecule has 3 rings (SSSR count). The number of carbonyl (C=O) groups excluding carboxylic acids is 2. The first-order chi connectivity index (χ1) is 15.2. The van der Waals surface area contributed by atoms with Crippen LogP contribution in [0, 0.1) is 13.8 Å². The van der Waals surface area contributed by atoms with E-state index >= 15 is 0 Å². The second kappa shape index (κ2) is 10.0. The predicted molar refractivity (Wildman–Crippen MR) is 127 cm³/mol. The molecule has 0 aliphatic heterocycles. The minimum absolute atomic E-state index is 0.0597. The van der Waals surface area contributed by atoms with Gasteiger partial charge in [0.25, 0.3) is 0 Å². The van der Waals surface area contributed by atoms with Crippen molar-refractivity contribution in [1.82, 2.24) is 0 Å². The van der Waals surface area contributed by atoms with E-state index in [9.17, 15) is 18.0 Å². The van der Waals surface area contributed by atoms with E-state index in [0.29, 0.717) is 5.56 Å². The Hall–Kier alpha value is -3.05. The van der Waals surface area contributed by atoms with Gasteiger partial charge in [-0.3, -0.25) is 9.59 Å². The average Bonchev–Trinajstić information content (AvgIpc) is 2.78. The molecule has 0 amide bonds. The number of benzene rings is 3. The van der Waals surface area contributed by atoms with Crippen molar-refractivity contribution in [3.8, 4) is 0 Å². The molecule has 3 aromatic rings. The van der Waals surface area contributed by atoms with Gasteiger partial charge >= 0.3 is 0 Å². The third kappa shape index (κ3) is 5.80. The van der Waals surface area contributed by atoms with Crippen molar-refractivity contribution in [2.45, 2.75) is 44.4 Å². The van der Waals surface area contributed by atoms with Crippen molar-refractivity contribution < 1.29 is 18.0 Å². The van der Waals surface area contributed by atoms with Crippen molar-refractivity contribution in [3.05, 3.63) is 101 Å². The highest BCUT2D eigenvalue weighted by Crippen LogP contribution is 2.30. The Kier molecular flexibility index (Phi) is 7.41. The van der Waals surface area contributed by atoms with E-state index in [4.69, 9.17) is 0 Å². The molecule has 0 radical (unpaired) electrons. The summed E-state index contributed by atoms with van der Waals surface area (Å²) in [7, 11) is -3.69. The molecular formula is C27H28O4S. The van der Waals surface area contributed by atoms with Gasteiger partial charge in [0.2, 0.25) is 0 Å². The number of hydrogen-bond acceptors (Lipinski definition) is 4. The lowest BCUT2D eigenvalue weighted by atomic mass is 9.85. The van der Waals surface area contributed by atoms with Crippen molar-refractivity contribution in [2.24, 2.45) is 0 Å². The summed E-state index contributed by atoms with van der Waals surface area (Å²) in [6.45, 7) is 5.69. The second-order valence-electron chi connectivity index (χ2n) is 8.18. The molecule has 0 unspecified atom stereocenters. The van der Waals surface area contributed by atoms with E-state index in [1.807, 2.05) is 62.4 Å². The Morgan fingerprint density at radius 2 is 1.22 bits per heavy atom. The van der Waals surface area contributed by atoms with Crippen LogP contribution in [0.1, 0.15) is 58.3 Å². The highest BCUT2D eigenvalue weighted by molar-refractivity contribution is 7.92. The van der Waals surface area contributed by atoms with Gasteiger partial charge in [0, 0.05) is 24.3 Å². The fourth-order valence-electron chi connectivity index (χ4n) is 3.57. The van der Waals surface area contributed by atoms with Crippen LogP contribution in [0.25, 0.3) is 0 Å². The molecule has 0 heterocycles. The molecule has 32 heavy (non-hydrogen) atoms. The molecule has 0 aliphatic rings. The van der Waals surface area contributed by atoms with Crippen LogP contribution in [0.15, 0.2) is 77.7 Å². The van der Waals surface area contributed by atoms with Gasteiger partial charge in [0.05, 0.1) is 4.90 Å². The minimum atomic E-state index is -3.69. The maximum absolute atomic E-state index is 13.1. The van der Waals surface area contributed by atoms with E-state index in [2.05, 4.69) is 0 Å². The van der Waals surface area contributed by atoms with Crippen LogP contribution in [0.3, 0.4) is 0 Å². The molecule has 0 fully saturated rings. The van der Waals surface area contributed by atoms with Crippen LogP contribution in [0.4, 0.5) is 0 Å². The third-order valence-corrected chi connectivity index (χ3v) is 7.32. The van der Waals surface area contributed by atoms with Gasteiger partial charge in [0.15, 0.2) is 15.6 Å². The first-order valence-corrected chi connectivity index (χ1v) is 12.4. The first kappa shape index (κ1) is 23.6. The molecule has 166 valence electrons. The first-order valence-electron chi connectivity index (χ1n) is 10.7. The van der Waals surface area contributed by atoms with Gasteiger partial charge in [-0.2, -0.15) is 0 Å². The average molecular weight is 449 g/mol. The maximum atomic E-state index is 13.1. The summed E-state index contributed by atoms with van der Waals surface area (Å²) in [4.78, 5) is 24.8. The maximum Gasteiger partial charge on any atom is 0.185 e. The number of hydrogen-bond donors (Lipinski definition) is 0. The molecule has 0 saturated heterocycles. The van der Waals surface area contributed by atoms with Gasteiger partial charge in [-0.1, -0.05) is 78.7 Å². The summed E-state index contributed by atoms with van der Waals surface area (Å²) < 4.78 is 24.8. The summed E-state index contributed by atoms with van der Waals surface area (Å²) in [6.07, 6.45) is 0.446. The molecular weight excluding hydrogens is 420 g/mol. The van der Waals surface area contributed by atoms with E-state index in [-0.39, 0.29) is 35.2 Å². The monoisotopic (exact) mass is 448 g/mol. The highest BCUT2D eigenvalue weighted by atomic mass is 32.2. The van der Waals surface area contributed by atoms with Crippen LogP contribution in [0.2, 0.25) is 0 Å². The van der Waals surface area contributed by atoms with Gasteiger partial charge in [-0.25, -0.2) is 8.42 Å². The van der Waals surface area contributed by atoms with E-state index in [0.717, 1.165) is 22.3 Å². The van der Waals surface area contributed by atoms with Crippen molar-refractivity contribution in [1.29, 1.82) is 0 Å². The smallest absolute Gasteiger partial charge is 0.185 e. The van der Waals surface area contributed by atoms with Gasteiger partial charge in [-0.15, -0.1) is 0 Å². The summed E-state index contributed by atoms with van der Waals surface area (Å²) in [5.41, 5.74) is 4.88. The topological polar surface area (TPSA) is 68.3 Å². The highest BCUT2D eigenvalue weighted by Gasteiger charge is 2.21. The summed E-state index contributed by atoms with van der Waals surface area (Å²) in [6, 6.07) is 22.3.